The van der Waals surface area contributed by atoms with Gasteiger partial charge in [-0.05, 0) is 12.0 Å². The number of anilines is 1. The molecule has 1 atom stereocenters. The molecule has 0 aliphatic carbocycles. The molecule has 2 heterocycles. The Labute approximate surface area is 155 Å². The van der Waals surface area contributed by atoms with Crippen LogP contribution in [0.25, 0.3) is 0 Å². The van der Waals surface area contributed by atoms with E-state index >= 15 is 0 Å². The molecule has 0 unspecified atom stereocenters. The molecule has 1 fully saturated rings. The molecule has 1 saturated heterocycles. The smallest absolute Gasteiger partial charge is 0.349 e. The summed E-state index contributed by atoms with van der Waals surface area (Å²) in [5, 5.41) is -0.227. The number of aromatic nitrogens is 2. The topological polar surface area (TPSA) is 32.3 Å². The van der Waals surface area contributed by atoms with Crippen LogP contribution in [0.1, 0.15) is 17.7 Å². The molecule has 4 nitrogen and oxygen atoms in total. The van der Waals surface area contributed by atoms with Crippen LogP contribution in [-0.4, -0.2) is 40.5 Å². The largest absolute Gasteiger partial charge is 0.434 e. The van der Waals surface area contributed by atoms with Crippen LogP contribution in [0, 0.1) is 6.92 Å². The Balaban J connectivity index is 1.74. The van der Waals surface area contributed by atoms with E-state index in [-0.39, 0.29) is 17.0 Å². The lowest BCUT2D eigenvalue weighted by molar-refractivity contribution is -0.141. The molecule has 3 rings (SSSR count). The molecule has 26 heavy (non-hydrogen) atoms. The predicted octanol–water partition coefficient (Wildman–Crippen LogP) is 4.06. The van der Waals surface area contributed by atoms with Gasteiger partial charge in [-0.25, -0.2) is 9.97 Å². The summed E-state index contributed by atoms with van der Waals surface area (Å²) in [6.45, 7) is 6.88. The normalized spacial score (nSPS) is 19.0. The van der Waals surface area contributed by atoms with Crippen molar-refractivity contribution in [2.24, 2.45) is 0 Å². The fraction of sp³-hybridized carbons (Fsp3) is 0.389. The Morgan fingerprint density at radius 2 is 1.92 bits per heavy atom. The first-order chi connectivity index (χ1) is 12.4. The van der Waals surface area contributed by atoms with Gasteiger partial charge in [0.05, 0.1) is 6.20 Å². The van der Waals surface area contributed by atoms with Gasteiger partial charge in [0.2, 0.25) is 0 Å². The number of hydrogen-bond acceptors (Lipinski definition) is 4. The van der Waals surface area contributed by atoms with Crippen molar-refractivity contribution in [1.82, 2.24) is 14.9 Å². The van der Waals surface area contributed by atoms with Gasteiger partial charge in [-0.1, -0.05) is 48.9 Å². The fourth-order valence-electron chi connectivity index (χ4n) is 3.12. The summed E-state index contributed by atoms with van der Waals surface area (Å²) >= 11 is 6.01. The molecule has 8 heteroatoms. The van der Waals surface area contributed by atoms with Gasteiger partial charge in [0.1, 0.15) is 0 Å². The van der Waals surface area contributed by atoms with Crippen LogP contribution < -0.4 is 4.90 Å². The highest BCUT2D eigenvalue weighted by atomic mass is 35.5. The molecule has 0 bridgehead atoms. The molecule has 1 radical (unpaired) electrons. The maximum atomic E-state index is 12.8. The van der Waals surface area contributed by atoms with Gasteiger partial charge in [0, 0.05) is 32.2 Å². The first-order valence-corrected chi connectivity index (χ1v) is 8.68. The molecule has 1 aromatic heterocycles. The van der Waals surface area contributed by atoms with Crippen LogP contribution in [0.2, 0.25) is 5.15 Å². The van der Waals surface area contributed by atoms with Crippen molar-refractivity contribution in [2.45, 2.75) is 25.2 Å². The summed E-state index contributed by atoms with van der Waals surface area (Å²) in [5.41, 5.74) is 0.135. The van der Waals surface area contributed by atoms with E-state index in [4.69, 9.17) is 11.6 Å². The monoisotopic (exact) mass is 383 g/mol. The Kier molecular flexibility index (Phi) is 5.67. The standard InChI is InChI=1S/C18H19ClF3N4/c1-2-14-12-25(11-13-6-4-3-5-7-13)8-9-26(14)17-16(19)24-15(10-23-17)18(20,21)22/h3-7,10,14H,1-2,8-9,11-12H2/t14-/m0/s1. The Bertz CT molecular complexity index is 739. The quantitative estimate of drug-likeness (QED) is 0.796. The van der Waals surface area contributed by atoms with E-state index in [2.05, 4.69) is 33.9 Å². The zero-order valence-corrected chi connectivity index (χ0v) is 14.8. The van der Waals surface area contributed by atoms with Crippen molar-refractivity contribution in [3.63, 3.8) is 0 Å². The summed E-state index contributed by atoms with van der Waals surface area (Å²) < 4.78 is 38.3. The number of hydrogen-bond donors (Lipinski definition) is 0. The molecule has 2 aromatic rings. The molecular weight excluding hydrogens is 365 g/mol. The van der Waals surface area contributed by atoms with Crippen LogP contribution in [0.4, 0.5) is 19.0 Å². The van der Waals surface area contributed by atoms with Gasteiger partial charge in [0.15, 0.2) is 16.7 Å². The molecule has 0 spiro atoms. The lowest BCUT2D eigenvalue weighted by atomic mass is 10.1. The predicted molar refractivity (Wildman–Crippen MR) is 94.9 cm³/mol. The van der Waals surface area contributed by atoms with Crippen molar-refractivity contribution in [2.75, 3.05) is 24.5 Å². The van der Waals surface area contributed by atoms with Crippen LogP contribution in [0.15, 0.2) is 36.5 Å². The molecular formula is C18H19ClF3N4. The van der Waals surface area contributed by atoms with E-state index in [0.717, 1.165) is 25.8 Å². The first kappa shape index (κ1) is 18.9. The lowest BCUT2D eigenvalue weighted by Crippen LogP contribution is -2.53. The van der Waals surface area contributed by atoms with E-state index in [9.17, 15) is 13.2 Å². The zero-order chi connectivity index (χ0) is 18.7. The summed E-state index contributed by atoms with van der Waals surface area (Å²) in [6.07, 6.45) is -3.24. The Morgan fingerprint density at radius 1 is 1.19 bits per heavy atom. The average Bonchev–Trinajstić information content (AvgIpc) is 2.62. The van der Waals surface area contributed by atoms with Crippen molar-refractivity contribution in [1.29, 1.82) is 0 Å². The van der Waals surface area contributed by atoms with Crippen LogP contribution >= 0.6 is 11.6 Å². The maximum Gasteiger partial charge on any atom is 0.434 e. The number of nitrogens with zero attached hydrogens (tertiary/aromatic N) is 4. The van der Waals surface area contributed by atoms with Gasteiger partial charge < -0.3 is 4.90 Å². The third-order valence-electron chi connectivity index (χ3n) is 4.42. The second kappa shape index (κ2) is 7.80. The van der Waals surface area contributed by atoms with E-state index in [0.29, 0.717) is 13.0 Å². The zero-order valence-electron chi connectivity index (χ0n) is 14.1. The van der Waals surface area contributed by atoms with Gasteiger partial charge in [-0.15, -0.1) is 0 Å². The third kappa shape index (κ3) is 4.27. The number of alkyl halides is 3. The van der Waals surface area contributed by atoms with Gasteiger partial charge in [-0.3, -0.25) is 4.90 Å². The second-order valence-electron chi connectivity index (χ2n) is 6.22. The minimum absolute atomic E-state index is 0.0102. The fourth-order valence-corrected chi connectivity index (χ4v) is 3.37. The van der Waals surface area contributed by atoms with Crippen LogP contribution in [0.5, 0.6) is 0 Å². The van der Waals surface area contributed by atoms with Crippen molar-refractivity contribution < 1.29 is 13.2 Å². The molecule has 0 N–H and O–H groups in total. The summed E-state index contributed by atoms with van der Waals surface area (Å²) in [7, 11) is 0. The summed E-state index contributed by atoms with van der Waals surface area (Å²) in [4.78, 5) is 11.6. The Hall–Kier alpha value is -1.86. The van der Waals surface area contributed by atoms with Crippen LogP contribution in [-0.2, 0) is 12.7 Å². The van der Waals surface area contributed by atoms with Gasteiger partial charge >= 0.3 is 6.18 Å². The highest BCUT2D eigenvalue weighted by Crippen LogP contribution is 2.32. The SMILES string of the molecule is [CH2]C[C@H]1CN(Cc2ccccc2)CCN1c1ncc(C(F)(F)F)nc1Cl. The van der Waals surface area contributed by atoms with Crippen molar-refractivity contribution in [3.05, 3.63) is 59.9 Å². The number of halogens is 4. The van der Waals surface area contributed by atoms with Gasteiger partial charge in [-0.2, -0.15) is 13.2 Å². The number of piperazine rings is 1. The second-order valence-corrected chi connectivity index (χ2v) is 6.58. The van der Waals surface area contributed by atoms with E-state index in [1.54, 1.807) is 0 Å². The maximum absolute atomic E-state index is 12.8. The van der Waals surface area contributed by atoms with Gasteiger partial charge in [0.25, 0.3) is 0 Å². The molecule has 1 aliphatic rings. The van der Waals surface area contributed by atoms with E-state index < -0.39 is 11.9 Å². The average molecular weight is 384 g/mol. The lowest BCUT2D eigenvalue weighted by Gasteiger charge is -2.42. The molecule has 1 aromatic carbocycles. The molecule has 1 aliphatic heterocycles. The van der Waals surface area contributed by atoms with Crippen molar-refractivity contribution >= 4 is 17.4 Å². The van der Waals surface area contributed by atoms with Crippen LogP contribution in [0.3, 0.4) is 0 Å². The minimum atomic E-state index is -4.56. The summed E-state index contributed by atoms with van der Waals surface area (Å²) in [6, 6.07) is 10.1. The molecule has 0 amide bonds. The summed E-state index contributed by atoms with van der Waals surface area (Å²) in [5.74, 6) is 0.285. The molecule has 139 valence electrons. The highest BCUT2D eigenvalue weighted by Gasteiger charge is 2.35. The van der Waals surface area contributed by atoms with Crippen molar-refractivity contribution in [3.8, 4) is 0 Å². The minimum Gasteiger partial charge on any atom is -0.349 e. The Morgan fingerprint density at radius 3 is 2.54 bits per heavy atom. The highest BCUT2D eigenvalue weighted by molar-refractivity contribution is 6.31. The first-order valence-electron chi connectivity index (χ1n) is 8.30. The third-order valence-corrected chi connectivity index (χ3v) is 4.68. The number of rotatable bonds is 4. The number of benzene rings is 1. The van der Waals surface area contributed by atoms with E-state index in [1.165, 1.54) is 5.56 Å². The molecule has 0 saturated carbocycles. The van der Waals surface area contributed by atoms with E-state index in [1.807, 2.05) is 23.1 Å².